The van der Waals surface area contributed by atoms with E-state index in [0.29, 0.717) is 32.2 Å². The summed E-state index contributed by atoms with van der Waals surface area (Å²) in [6.07, 6.45) is 12.1. The second-order valence-electron chi connectivity index (χ2n) is 18.1. The van der Waals surface area contributed by atoms with Crippen molar-refractivity contribution < 1.29 is 32.4 Å². The van der Waals surface area contributed by atoms with Crippen LogP contribution < -0.4 is 21.3 Å². The van der Waals surface area contributed by atoms with Gasteiger partial charge in [-0.1, -0.05) is 85.6 Å². The summed E-state index contributed by atoms with van der Waals surface area (Å²) in [7, 11) is -3.44. The second-order valence-corrected chi connectivity index (χ2v) is 20.3. The Morgan fingerprint density at radius 1 is 0.942 bits per heavy atom. The van der Waals surface area contributed by atoms with Crippen molar-refractivity contribution in [2.24, 2.45) is 34.5 Å². The van der Waals surface area contributed by atoms with Crippen LogP contribution in [-0.4, -0.2) is 91.1 Å². The summed E-state index contributed by atoms with van der Waals surface area (Å²) in [5.41, 5.74) is -1.67. The normalized spacial score (nSPS) is 25.9. The van der Waals surface area contributed by atoms with Crippen molar-refractivity contribution in [3.63, 3.8) is 0 Å². The number of ketones is 1. The van der Waals surface area contributed by atoms with Crippen LogP contribution in [-0.2, 0) is 29.0 Å². The molecule has 0 aromatic carbocycles. The lowest BCUT2D eigenvalue weighted by Crippen LogP contribution is -2.64. The van der Waals surface area contributed by atoms with Gasteiger partial charge in [-0.15, -0.1) is 6.58 Å². The Morgan fingerprint density at radius 3 is 2.15 bits per heavy atom. The minimum atomic E-state index is -3.44. The fourth-order valence-corrected chi connectivity index (χ4v) is 11.7. The van der Waals surface area contributed by atoms with Gasteiger partial charge < -0.3 is 26.2 Å². The number of Topliss-reactive ketones (excluding diaryl/α,β-unsaturated/α-hetero) is 1. The van der Waals surface area contributed by atoms with E-state index in [1.807, 2.05) is 34.6 Å². The molecule has 1 spiro atoms. The lowest BCUT2D eigenvalue weighted by molar-refractivity contribution is -0.145. The van der Waals surface area contributed by atoms with Gasteiger partial charge in [0.25, 0.3) is 5.91 Å². The zero-order valence-corrected chi connectivity index (χ0v) is 32.9. The molecule has 2 unspecified atom stereocenters. The number of hydrogen-bond donors (Lipinski definition) is 4. The highest BCUT2D eigenvalue weighted by Crippen LogP contribution is 2.72. The van der Waals surface area contributed by atoms with Gasteiger partial charge in [-0.2, -0.15) is 0 Å². The van der Waals surface area contributed by atoms with Gasteiger partial charge in [-0.3, -0.25) is 19.2 Å². The van der Waals surface area contributed by atoms with E-state index in [1.165, 1.54) is 6.08 Å². The molecule has 13 heteroatoms. The number of urea groups is 1. The number of rotatable bonds is 16. The summed E-state index contributed by atoms with van der Waals surface area (Å²) in [4.78, 5) is 70.5. The van der Waals surface area contributed by atoms with Crippen molar-refractivity contribution in [2.45, 2.75) is 142 Å². The number of nitrogens with zero attached hydrogens (tertiary/aromatic N) is 1. The number of piperidine rings is 1. The van der Waals surface area contributed by atoms with Crippen molar-refractivity contribution in [3.05, 3.63) is 12.7 Å². The predicted octanol–water partition coefficient (Wildman–Crippen LogP) is 4.04. The van der Waals surface area contributed by atoms with Crippen LogP contribution in [0, 0.1) is 34.5 Å². The van der Waals surface area contributed by atoms with E-state index in [1.54, 1.807) is 4.90 Å². The quantitative estimate of drug-likeness (QED) is 0.137. The number of sulfone groups is 1. The number of likely N-dealkylation sites (tertiary alicyclic amines) is 1. The Hall–Kier alpha value is -2.96. The number of fused-ring (bicyclic) bond motifs is 3. The van der Waals surface area contributed by atoms with Crippen LogP contribution in [0.1, 0.15) is 118 Å². The zero-order valence-electron chi connectivity index (χ0n) is 32.1. The van der Waals surface area contributed by atoms with Gasteiger partial charge in [0.05, 0.1) is 23.1 Å². The SMILES string of the molecule is C=CCNC(=O)C(=O)C(CC1CC1)NC(=O)[C@@H]1[C@@H]2C(CN1C(=O)[C@@H](NC(=O)NC1(CS(=O)(=O)CCC(C)C)CCCCC1)C(C)(C)C)C21CCCC1. The maximum atomic E-state index is 14.7. The Morgan fingerprint density at radius 2 is 1.58 bits per heavy atom. The molecule has 4 N–H and O–H groups in total. The Bertz CT molecular complexity index is 1490. The molecule has 5 fully saturated rings. The standard InChI is InChI=1S/C39H63N5O7S/c1-7-20-40-34(47)31(45)28(22-26-13-14-26)41-33(46)30-29-27(39(29)18-11-12-19-39)23-44(30)35(48)32(37(4,5)6)42-36(49)43-38(16-9-8-10-17-38)24-52(50,51)21-15-25(2)3/h7,25-30,32H,1,8-24H2,2-6H3,(H,40,47)(H,41,46)(H2,42,43,49)/t27?,28?,29-,30-,32+/m0/s1. The molecular formula is C39H63N5O7S. The first-order chi connectivity index (χ1) is 24.4. The van der Waals surface area contributed by atoms with Gasteiger partial charge >= 0.3 is 6.03 Å². The molecule has 5 amide bonds. The number of amides is 5. The highest BCUT2D eigenvalue weighted by Gasteiger charge is 2.74. The fourth-order valence-electron chi connectivity index (χ4n) is 9.48. The topological polar surface area (TPSA) is 171 Å². The van der Waals surface area contributed by atoms with Crippen LogP contribution in [0.2, 0.25) is 0 Å². The van der Waals surface area contributed by atoms with Gasteiger partial charge in [0.15, 0.2) is 9.84 Å². The molecular weight excluding hydrogens is 683 g/mol. The highest BCUT2D eigenvalue weighted by molar-refractivity contribution is 7.91. The zero-order chi connectivity index (χ0) is 38.1. The molecule has 1 aliphatic heterocycles. The van der Waals surface area contributed by atoms with E-state index < -0.39 is 62.5 Å². The number of carbonyl (C=O) groups excluding carboxylic acids is 5. The third kappa shape index (κ3) is 9.21. The minimum Gasteiger partial charge on any atom is -0.346 e. The number of nitrogens with one attached hydrogen (secondary N) is 4. The Balaban J connectivity index is 1.35. The summed E-state index contributed by atoms with van der Waals surface area (Å²) in [6, 6.07) is -3.42. The van der Waals surface area contributed by atoms with Crippen molar-refractivity contribution in [3.8, 4) is 0 Å². The monoisotopic (exact) mass is 745 g/mol. The molecule has 0 aromatic rings. The van der Waals surface area contributed by atoms with Gasteiger partial charge in [-0.05, 0) is 73.0 Å². The first-order valence-electron chi connectivity index (χ1n) is 19.7. The number of carbonyl (C=O) groups is 5. The highest BCUT2D eigenvalue weighted by atomic mass is 32.2. The Labute approximate surface area is 310 Å². The average molecular weight is 746 g/mol. The van der Waals surface area contributed by atoms with Crippen LogP contribution in [0.4, 0.5) is 4.79 Å². The van der Waals surface area contributed by atoms with E-state index >= 15 is 0 Å². The van der Waals surface area contributed by atoms with Gasteiger partial charge in [0.1, 0.15) is 12.1 Å². The first kappa shape index (κ1) is 40.2. The summed E-state index contributed by atoms with van der Waals surface area (Å²) in [6.45, 7) is 13.7. The fraction of sp³-hybridized carbons (Fsp3) is 0.821. The summed E-state index contributed by atoms with van der Waals surface area (Å²) in [5, 5.41) is 11.4. The Kier molecular flexibility index (Phi) is 12.2. The van der Waals surface area contributed by atoms with Gasteiger partial charge in [0.2, 0.25) is 17.6 Å². The van der Waals surface area contributed by atoms with E-state index in [0.717, 1.165) is 57.8 Å². The van der Waals surface area contributed by atoms with Crippen molar-refractivity contribution >= 4 is 39.4 Å². The molecule has 5 rings (SSSR count). The second kappa shape index (κ2) is 15.8. The molecule has 4 saturated carbocycles. The molecule has 5 atom stereocenters. The molecule has 4 aliphatic carbocycles. The van der Waals surface area contributed by atoms with Gasteiger partial charge in [0, 0.05) is 13.1 Å². The molecule has 0 radical (unpaired) electrons. The van der Waals surface area contributed by atoms with E-state index in [-0.39, 0.29) is 53.0 Å². The van der Waals surface area contributed by atoms with E-state index in [9.17, 15) is 32.4 Å². The third-order valence-electron chi connectivity index (χ3n) is 12.5. The summed E-state index contributed by atoms with van der Waals surface area (Å²) < 4.78 is 26.5. The van der Waals surface area contributed by atoms with Crippen LogP contribution in [0.5, 0.6) is 0 Å². The summed E-state index contributed by atoms with van der Waals surface area (Å²) >= 11 is 0. The van der Waals surface area contributed by atoms with Crippen LogP contribution >= 0.6 is 0 Å². The maximum absolute atomic E-state index is 14.7. The molecule has 52 heavy (non-hydrogen) atoms. The molecule has 0 aromatic heterocycles. The largest absolute Gasteiger partial charge is 0.346 e. The van der Waals surface area contributed by atoms with E-state index in [2.05, 4.69) is 27.8 Å². The van der Waals surface area contributed by atoms with E-state index in [4.69, 9.17) is 0 Å². The lowest BCUT2D eigenvalue weighted by atomic mass is 9.83. The average Bonchev–Trinajstić information content (AvgIpc) is 3.85. The van der Waals surface area contributed by atoms with Crippen molar-refractivity contribution in [1.29, 1.82) is 0 Å². The molecule has 292 valence electrons. The van der Waals surface area contributed by atoms with Crippen LogP contribution in [0.15, 0.2) is 12.7 Å². The number of hydrogen-bond acceptors (Lipinski definition) is 7. The van der Waals surface area contributed by atoms with Crippen molar-refractivity contribution in [1.82, 2.24) is 26.2 Å². The van der Waals surface area contributed by atoms with Crippen molar-refractivity contribution in [2.75, 3.05) is 24.6 Å². The molecule has 1 heterocycles. The molecule has 0 bridgehead atoms. The van der Waals surface area contributed by atoms with Crippen LogP contribution in [0.25, 0.3) is 0 Å². The summed E-state index contributed by atoms with van der Waals surface area (Å²) in [5.74, 6) is -1.76. The maximum Gasteiger partial charge on any atom is 0.315 e. The lowest BCUT2D eigenvalue weighted by Gasteiger charge is -2.41. The van der Waals surface area contributed by atoms with Gasteiger partial charge in [-0.25, -0.2) is 13.2 Å². The predicted molar refractivity (Wildman–Crippen MR) is 200 cm³/mol. The third-order valence-corrected chi connectivity index (χ3v) is 14.3. The minimum absolute atomic E-state index is 0.00736. The molecule has 12 nitrogen and oxygen atoms in total. The van der Waals surface area contributed by atoms with Crippen LogP contribution in [0.3, 0.4) is 0 Å². The molecule has 1 saturated heterocycles. The first-order valence-corrected chi connectivity index (χ1v) is 21.6. The smallest absolute Gasteiger partial charge is 0.315 e. The molecule has 5 aliphatic rings.